The standard InChI is InChI=1S/C16H30N2/c1-4-5-9-15-12-11-14-8-6-7-10-16(14)18(3)13-17(15)2/h11-12,14-16H,4-10,13H2,1-3H3/b12-11+/t14-,15?,16?/m1/s1. The van der Waals surface area contributed by atoms with Gasteiger partial charge in [0.2, 0.25) is 0 Å². The van der Waals surface area contributed by atoms with E-state index in [0.29, 0.717) is 6.04 Å². The highest BCUT2D eigenvalue weighted by molar-refractivity contribution is 5.03. The second-order valence-electron chi connectivity index (χ2n) is 6.27. The molecule has 2 rings (SSSR count). The van der Waals surface area contributed by atoms with E-state index in [9.17, 15) is 0 Å². The van der Waals surface area contributed by atoms with Crippen molar-refractivity contribution in [3.05, 3.63) is 12.2 Å². The Kier molecular flexibility index (Phi) is 5.25. The first-order chi connectivity index (χ1) is 8.72. The SMILES string of the molecule is CCCCC1/C=C/[C@H]2CCCCC2N(C)CN1C. The molecule has 1 fully saturated rings. The highest BCUT2D eigenvalue weighted by atomic mass is 15.3. The Bertz CT molecular complexity index is 274. The van der Waals surface area contributed by atoms with Gasteiger partial charge < -0.3 is 0 Å². The maximum atomic E-state index is 2.59. The lowest BCUT2D eigenvalue weighted by atomic mass is 9.82. The van der Waals surface area contributed by atoms with E-state index in [2.05, 4.69) is 43.0 Å². The van der Waals surface area contributed by atoms with Gasteiger partial charge in [0.25, 0.3) is 0 Å². The molecule has 0 N–H and O–H groups in total. The van der Waals surface area contributed by atoms with E-state index in [1.54, 1.807) is 0 Å². The van der Waals surface area contributed by atoms with Crippen LogP contribution >= 0.6 is 0 Å². The van der Waals surface area contributed by atoms with E-state index in [0.717, 1.165) is 18.6 Å². The monoisotopic (exact) mass is 250 g/mol. The Balaban J connectivity index is 2.06. The summed E-state index contributed by atoms with van der Waals surface area (Å²) in [7, 11) is 4.60. The summed E-state index contributed by atoms with van der Waals surface area (Å²) in [6.45, 7) is 3.41. The normalized spacial score (nSPS) is 36.7. The first kappa shape index (κ1) is 14.1. The highest BCUT2D eigenvalue weighted by Crippen LogP contribution is 2.30. The fourth-order valence-electron chi connectivity index (χ4n) is 3.62. The molecule has 0 aromatic rings. The van der Waals surface area contributed by atoms with Crippen molar-refractivity contribution in [2.24, 2.45) is 5.92 Å². The summed E-state index contributed by atoms with van der Waals surface area (Å²) in [5, 5.41) is 0. The van der Waals surface area contributed by atoms with Crippen LogP contribution in [-0.2, 0) is 0 Å². The molecule has 2 heteroatoms. The van der Waals surface area contributed by atoms with E-state index in [-0.39, 0.29) is 0 Å². The molecule has 0 aromatic carbocycles. The van der Waals surface area contributed by atoms with Crippen LogP contribution in [0.2, 0.25) is 0 Å². The van der Waals surface area contributed by atoms with Gasteiger partial charge >= 0.3 is 0 Å². The maximum absolute atomic E-state index is 2.59. The predicted octanol–water partition coefficient (Wildman–Crippen LogP) is 3.49. The molecule has 2 unspecified atom stereocenters. The van der Waals surface area contributed by atoms with Crippen LogP contribution in [0.5, 0.6) is 0 Å². The minimum atomic E-state index is 0.648. The van der Waals surface area contributed by atoms with Crippen LogP contribution < -0.4 is 0 Å². The zero-order chi connectivity index (χ0) is 13.0. The number of hydrogen-bond acceptors (Lipinski definition) is 2. The van der Waals surface area contributed by atoms with Gasteiger partial charge in [0.15, 0.2) is 0 Å². The maximum Gasteiger partial charge on any atom is 0.0508 e. The molecule has 0 radical (unpaired) electrons. The number of hydrogen-bond donors (Lipinski definition) is 0. The third kappa shape index (κ3) is 3.36. The minimum Gasteiger partial charge on any atom is -0.290 e. The molecule has 1 heterocycles. The molecule has 18 heavy (non-hydrogen) atoms. The smallest absolute Gasteiger partial charge is 0.0508 e. The fourth-order valence-corrected chi connectivity index (χ4v) is 3.62. The van der Waals surface area contributed by atoms with Crippen LogP contribution in [0.1, 0.15) is 51.9 Å². The summed E-state index contributed by atoms with van der Waals surface area (Å²) in [5.74, 6) is 0.807. The second-order valence-corrected chi connectivity index (χ2v) is 6.27. The topological polar surface area (TPSA) is 6.48 Å². The second kappa shape index (κ2) is 6.72. The number of nitrogens with zero attached hydrogens (tertiary/aromatic N) is 2. The Labute approximate surface area is 113 Å². The van der Waals surface area contributed by atoms with Crippen molar-refractivity contribution in [3.63, 3.8) is 0 Å². The lowest BCUT2D eigenvalue weighted by Gasteiger charge is -2.42. The molecule has 0 saturated heterocycles. The van der Waals surface area contributed by atoms with Crippen molar-refractivity contribution in [2.75, 3.05) is 20.8 Å². The zero-order valence-corrected chi connectivity index (χ0v) is 12.4. The van der Waals surface area contributed by atoms with E-state index in [1.165, 1.54) is 44.9 Å². The number of likely N-dealkylation sites (N-methyl/N-ethyl adjacent to an activating group) is 1. The number of rotatable bonds is 3. The van der Waals surface area contributed by atoms with Crippen molar-refractivity contribution in [1.82, 2.24) is 9.80 Å². The fraction of sp³-hybridized carbons (Fsp3) is 0.875. The third-order valence-corrected chi connectivity index (χ3v) is 4.79. The third-order valence-electron chi connectivity index (χ3n) is 4.79. The average molecular weight is 250 g/mol. The summed E-state index contributed by atoms with van der Waals surface area (Å²) >= 11 is 0. The minimum absolute atomic E-state index is 0.648. The Morgan fingerprint density at radius 2 is 1.83 bits per heavy atom. The first-order valence-electron chi connectivity index (χ1n) is 7.81. The summed E-state index contributed by atoms with van der Waals surface area (Å²) in [6, 6.07) is 1.43. The Morgan fingerprint density at radius 3 is 2.61 bits per heavy atom. The van der Waals surface area contributed by atoms with Crippen molar-refractivity contribution in [1.29, 1.82) is 0 Å². The lowest BCUT2D eigenvalue weighted by Crippen LogP contribution is -2.48. The van der Waals surface area contributed by atoms with Gasteiger partial charge in [-0.3, -0.25) is 9.80 Å². The molecule has 2 nitrogen and oxygen atoms in total. The van der Waals surface area contributed by atoms with E-state index < -0.39 is 0 Å². The van der Waals surface area contributed by atoms with Gasteiger partial charge in [0.1, 0.15) is 0 Å². The van der Waals surface area contributed by atoms with E-state index in [4.69, 9.17) is 0 Å². The molecule has 0 spiro atoms. The Hall–Kier alpha value is -0.340. The number of unbranched alkanes of at least 4 members (excludes halogenated alkanes) is 1. The molecular formula is C16H30N2. The number of fused-ring (bicyclic) bond motifs is 1. The van der Waals surface area contributed by atoms with Crippen molar-refractivity contribution in [2.45, 2.75) is 64.0 Å². The highest BCUT2D eigenvalue weighted by Gasteiger charge is 2.29. The largest absolute Gasteiger partial charge is 0.290 e. The summed E-state index contributed by atoms with van der Waals surface area (Å²) in [5.41, 5.74) is 0. The van der Waals surface area contributed by atoms with Gasteiger partial charge in [-0.2, -0.15) is 0 Å². The first-order valence-corrected chi connectivity index (χ1v) is 7.81. The van der Waals surface area contributed by atoms with Gasteiger partial charge in [0, 0.05) is 12.1 Å². The summed E-state index contributed by atoms with van der Waals surface area (Å²) in [4.78, 5) is 5.11. The quantitative estimate of drug-likeness (QED) is 0.707. The summed E-state index contributed by atoms with van der Waals surface area (Å²) in [6.07, 6.45) is 14.6. The van der Waals surface area contributed by atoms with Crippen LogP contribution in [0.15, 0.2) is 12.2 Å². The van der Waals surface area contributed by atoms with Gasteiger partial charge in [-0.05, 0) is 39.3 Å². The molecule has 3 atom stereocenters. The van der Waals surface area contributed by atoms with E-state index in [1.807, 2.05) is 0 Å². The molecule has 0 amide bonds. The van der Waals surface area contributed by atoms with Crippen LogP contribution in [-0.4, -0.2) is 42.6 Å². The van der Waals surface area contributed by atoms with Gasteiger partial charge in [-0.15, -0.1) is 0 Å². The molecule has 0 bridgehead atoms. The van der Waals surface area contributed by atoms with Crippen LogP contribution in [0.3, 0.4) is 0 Å². The predicted molar refractivity (Wildman–Crippen MR) is 78.6 cm³/mol. The van der Waals surface area contributed by atoms with Crippen LogP contribution in [0, 0.1) is 5.92 Å². The van der Waals surface area contributed by atoms with Crippen molar-refractivity contribution < 1.29 is 0 Å². The van der Waals surface area contributed by atoms with Crippen molar-refractivity contribution >= 4 is 0 Å². The van der Waals surface area contributed by atoms with Gasteiger partial charge in [0.05, 0.1) is 6.67 Å². The summed E-state index contributed by atoms with van der Waals surface area (Å²) < 4.78 is 0. The average Bonchev–Trinajstić information content (AvgIpc) is 2.37. The Morgan fingerprint density at radius 1 is 1.06 bits per heavy atom. The lowest BCUT2D eigenvalue weighted by molar-refractivity contribution is 0.0712. The van der Waals surface area contributed by atoms with Gasteiger partial charge in [-0.25, -0.2) is 0 Å². The molecule has 1 aliphatic heterocycles. The molecule has 2 aliphatic rings. The molecular weight excluding hydrogens is 220 g/mol. The van der Waals surface area contributed by atoms with E-state index >= 15 is 0 Å². The van der Waals surface area contributed by atoms with Crippen LogP contribution in [0.25, 0.3) is 0 Å². The molecule has 104 valence electrons. The van der Waals surface area contributed by atoms with Gasteiger partial charge in [-0.1, -0.05) is 44.8 Å². The zero-order valence-electron chi connectivity index (χ0n) is 12.4. The molecule has 0 aromatic heterocycles. The molecule has 1 saturated carbocycles. The van der Waals surface area contributed by atoms with Crippen LogP contribution in [0.4, 0.5) is 0 Å². The molecule has 1 aliphatic carbocycles. The van der Waals surface area contributed by atoms with Crippen molar-refractivity contribution in [3.8, 4) is 0 Å².